The first-order chi connectivity index (χ1) is 7.13. The molecule has 3 unspecified atom stereocenters. The molecule has 0 aromatic rings. The van der Waals surface area contributed by atoms with E-state index in [-0.39, 0.29) is 5.25 Å². The van der Waals surface area contributed by atoms with Crippen LogP contribution >= 0.6 is 0 Å². The highest BCUT2D eigenvalue weighted by atomic mass is 32.2. The van der Waals surface area contributed by atoms with Gasteiger partial charge in [-0.2, -0.15) is 0 Å². The topological polar surface area (TPSA) is 40.5 Å². The van der Waals surface area contributed by atoms with Gasteiger partial charge >= 0.3 is 0 Å². The molecular formula is C11H23NO2S. The van der Waals surface area contributed by atoms with E-state index in [9.17, 15) is 4.21 Å². The van der Waals surface area contributed by atoms with Crippen LogP contribution in [0.3, 0.4) is 0 Å². The third kappa shape index (κ3) is 4.62. The maximum Gasteiger partial charge on any atom is 0.157 e. The molecule has 0 amide bonds. The van der Waals surface area contributed by atoms with Gasteiger partial charge in [-0.15, -0.1) is 0 Å². The Bertz CT molecular complexity index is 209. The Morgan fingerprint density at radius 1 is 1.60 bits per heavy atom. The second-order valence-corrected chi connectivity index (χ2v) is 6.00. The molecule has 3 nitrogen and oxygen atoms in total. The monoisotopic (exact) mass is 233 g/mol. The molecule has 1 fully saturated rings. The standard InChI is InChI=1S/C11H23NO2S/c1-3-5-11-6-4-7-12(9-11)8-10(2)15(13)14/h10-11H,3-9H2,1-2H3,(H,13,14). The first-order valence-corrected chi connectivity index (χ1v) is 7.12. The van der Waals surface area contributed by atoms with Gasteiger partial charge in [-0.25, -0.2) is 4.21 Å². The Kier molecular flexibility index (Phi) is 5.79. The number of hydrogen-bond donors (Lipinski definition) is 1. The minimum atomic E-state index is -1.67. The van der Waals surface area contributed by atoms with Gasteiger partial charge in [0.05, 0.1) is 5.25 Å². The van der Waals surface area contributed by atoms with Crippen LogP contribution < -0.4 is 0 Å². The number of hydrogen-bond acceptors (Lipinski definition) is 2. The molecule has 1 aliphatic rings. The molecule has 90 valence electrons. The van der Waals surface area contributed by atoms with Crippen molar-refractivity contribution < 1.29 is 8.76 Å². The van der Waals surface area contributed by atoms with Gasteiger partial charge in [-0.05, 0) is 38.6 Å². The molecule has 1 saturated heterocycles. The Morgan fingerprint density at radius 3 is 2.93 bits per heavy atom. The Hall–Kier alpha value is 0.0700. The van der Waals surface area contributed by atoms with Crippen LogP contribution in [0.1, 0.15) is 39.5 Å². The lowest BCUT2D eigenvalue weighted by atomic mass is 9.94. The lowest BCUT2D eigenvalue weighted by Crippen LogP contribution is -2.40. The van der Waals surface area contributed by atoms with E-state index in [1.165, 1.54) is 25.7 Å². The van der Waals surface area contributed by atoms with Gasteiger partial charge in [0.25, 0.3) is 0 Å². The zero-order valence-electron chi connectivity index (χ0n) is 9.82. The highest BCUT2D eigenvalue weighted by molar-refractivity contribution is 7.79. The highest BCUT2D eigenvalue weighted by Gasteiger charge is 2.21. The lowest BCUT2D eigenvalue weighted by molar-refractivity contribution is 0.169. The lowest BCUT2D eigenvalue weighted by Gasteiger charge is -2.33. The summed E-state index contributed by atoms with van der Waals surface area (Å²) in [5.41, 5.74) is 0. The fourth-order valence-electron chi connectivity index (χ4n) is 2.39. The van der Waals surface area contributed by atoms with Crippen molar-refractivity contribution in [1.29, 1.82) is 0 Å². The summed E-state index contributed by atoms with van der Waals surface area (Å²) in [6, 6.07) is 0. The summed E-state index contributed by atoms with van der Waals surface area (Å²) in [6.07, 6.45) is 5.13. The number of piperidine rings is 1. The van der Waals surface area contributed by atoms with E-state index in [2.05, 4.69) is 11.8 Å². The van der Waals surface area contributed by atoms with Crippen LogP contribution in [0.4, 0.5) is 0 Å². The van der Waals surface area contributed by atoms with Crippen molar-refractivity contribution in [1.82, 2.24) is 4.90 Å². The maximum atomic E-state index is 10.9. The van der Waals surface area contributed by atoms with Crippen LogP contribution in [-0.4, -0.2) is 38.5 Å². The molecule has 1 N–H and O–H groups in total. The van der Waals surface area contributed by atoms with Crippen molar-refractivity contribution in [3.63, 3.8) is 0 Å². The van der Waals surface area contributed by atoms with E-state index in [0.29, 0.717) is 0 Å². The van der Waals surface area contributed by atoms with Gasteiger partial charge in [0.1, 0.15) is 0 Å². The average molecular weight is 233 g/mol. The molecule has 0 saturated carbocycles. The third-order valence-electron chi connectivity index (χ3n) is 3.16. The van der Waals surface area contributed by atoms with Gasteiger partial charge in [0, 0.05) is 13.1 Å². The van der Waals surface area contributed by atoms with Crippen molar-refractivity contribution in [2.45, 2.75) is 44.8 Å². The Balaban J connectivity index is 2.32. The first-order valence-electron chi connectivity index (χ1n) is 5.95. The molecule has 0 spiro atoms. The van der Waals surface area contributed by atoms with Gasteiger partial charge in [-0.3, -0.25) is 0 Å². The van der Waals surface area contributed by atoms with Crippen LogP contribution in [0.2, 0.25) is 0 Å². The molecule has 0 bridgehead atoms. The molecule has 0 aromatic carbocycles. The zero-order chi connectivity index (χ0) is 11.3. The predicted octanol–water partition coefficient (Wildman–Crippen LogP) is 2.11. The van der Waals surface area contributed by atoms with Gasteiger partial charge in [0.15, 0.2) is 11.1 Å². The molecule has 1 heterocycles. The fraction of sp³-hybridized carbons (Fsp3) is 1.00. The van der Waals surface area contributed by atoms with E-state index in [4.69, 9.17) is 4.55 Å². The minimum absolute atomic E-state index is 0.120. The Morgan fingerprint density at radius 2 is 2.33 bits per heavy atom. The molecule has 1 aliphatic heterocycles. The Labute approximate surface area is 95.5 Å². The summed E-state index contributed by atoms with van der Waals surface area (Å²) < 4.78 is 19.8. The van der Waals surface area contributed by atoms with Gasteiger partial charge in [-0.1, -0.05) is 13.3 Å². The van der Waals surface area contributed by atoms with Crippen molar-refractivity contribution >= 4 is 11.1 Å². The van der Waals surface area contributed by atoms with E-state index >= 15 is 0 Å². The van der Waals surface area contributed by atoms with Crippen LogP contribution in [0.15, 0.2) is 0 Å². The van der Waals surface area contributed by atoms with Crippen molar-refractivity contribution in [2.24, 2.45) is 5.92 Å². The second-order valence-electron chi connectivity index (χ2n) is 4.64. The summed E-state index contributed by atoms with van der Waals surface area (Å²) in [5.74, 6) is 0.808. The van der Waals surface area contributed by atoms with Crippen molar-refractivity contribution in [3.05, 3.63) is 0 Å². The molecule has 1 rings (SSSR count). The zero-order valence-corrected chi connectivity index (χ0v) is 10.6. The fourth-order valence-corrected chi connectivity index (χ4v) is 2.73. The number of likely N-dealkylation sites (tertiary alicyclic amines) is 1. The average Bonchev–Trinajstić information content (AvgIpc) is 2.18. The van der Waals surface area contributed by atoms with Crippen LogP contribution in [0.5, 0.6) is 0 Å². The van der Waals surface area contributed by atoms with Gasteiger partial charge < -0.3 is 9.45 Å². The summed E-state index contributed by atoms with van der Waals surface area (Å²) in [5, 5.41) is -0.120. The minimum Gasteiger partial charge on any atom is -0.306 e. The van der Waals surface area contributed by atoms with E-state index in [1.807, 2.05) is 6.92 Å². The molecule has 0 radical (unpaired) electrons. The smallest absolute Gasteiger partial charge is 0.157 e. The normalized spacial score (nSPS) is 27.5. The molecule has 15 heavy (non-hydrogen) atoms. The van der Waals surface area contributed by atoms with Crippen LogP contribution in [-0.2, 0) is 11.1 Å². The van der Waals surface area contributed by atoms with Crippen molar-refractivity contribution in [2.75, 3.05) is 19.6 Å². The van der Waals surface area contributed by atoms with Gasteiger partial charge in [0.2, 0.25) is 0 Å². The molecule has 0 aliphatic carbocycles. The summed E-state index contributed by atoms with van der Waals surface area (Å²) in [6.45, 7) is 7.06. The van der Waals surface area contributed by atoms with E-state index < -0.39 is 11.1 Å². The largest absolute Gasteiger partial charge is 0.306 e. The van der Waals surface area contributed by atoms with E-state index in [1.54, 1.807) is 0 Å². The van der Waals surface area contributed by atoms with Crippen LogP contribution in [0, 0.1) is 5.92 Å². The molecular weight excluding hydrogens is 210 g/mol. The predicted molar refractivity (Wildman–Crippen MR) is 64.3 cm³/mol. The molecule has 4 heteroatoms. The summed E-state index contributed by atoms with van der Waals surface area (Å²) in [4.78, 5) is 2.35. The first kappa shape index (κ1) is 13.1. The summed E-state index contributed by atoms with van der Waals surface area (Å²) >= 11 is -1.67. The third-order valence-corrected chi connectivity index (χ3v) is 4.00. The quantitative estimate of drug-likeness (QED) is 0.739. The number of nitrogens with zero attached hydrogens (tertiary/aromatic N) is 1. The second kappa shape index (κ2) is 6.61. The van der Waals surface area contributed by atoms with Crippen molar-refractivity contribution in [3.8, 4) is 0 Å². The molecule has 0 aromatic heterocycles. The SMILES string of the molecule is CCCC1CCCN(CC(C)S(=O)O)C1. The van der Waals surface area contributed by atoms with Crippen LogP contribution in [0.25, 0.3) is 0 Å². The highest BCUT2D eigenvalue weighted by Crippen LogP contribution is 2.21. The summed E-state index contributed by atoms with van der Waals surface area (Å²) in [7, 11) is 0. The molecule has 3 atom stereocenters. The van der Waals surface area contributed by atoms with E-state index in [0.717, 1.165) is 25.6 Å². The number of rotatable bonds is 5. The maximum absolute atomic E-state index is 10.9.